The van der Waals surface area contributed by atoms with Crippen molar-refractivity contribution in [2.24, 2.45) is 23.0 Å². The van der Waals surface area contributed by atoms with Gasteiger partial charge in [0.15, 0.2) is 0 Å². The molecule has 1 aliphatic rings. The fourth-order valence-electron chi connectivity index (χ4n) is 4.95. The molecule has 35 heavy (non-hydrogen) atoms. The van der Waals surface area contributed by atoms with Crippen LogP contribution >= 0.6 is 0 Å². The Bertz CT molecular complexity index is 813. The van der Waals surface area contributed by atoms with Crippen LogP contribution < -0.4 is 16.0 Å². The van der Waals surface area contributed by atoms with Crippen LogP contribution in [0.15, 0.2) is 24.3 Å². The molecule has 0 fully saturated rings. The molecule has 2 rings (SSSR count). The highest BCUT2D eigenvalue weighted by Gasteiger charge is 2.34. The van der Waals surface area contributed by atoms with Gasteiger partial charge in [-0.05, 0) is 55.1 Å². The lowest BCUT2D eigenvalue weighted by Gasteiger charge is -2.37. The summed E-state index contributed by atoms with van der Waals surface area (Å²) in [5, 5.41) is 13.6. The zero-order valence-corrected chi connectivity index (χ0v) is 22.4. The minimum atomic E-state index is -0.801. The Balaban J connectivity index is 1.96. The van der Waals surface area contributed by atoms with Gasteiger partial charge in [-0.2, -0.15) is 0 Å². The SMILES string of the molecule is CCCCNC(=O)[C@H](C)C[C@H](O)[C@@H](N)CC(C)(C)CC(=O)N1C[C@@H](CCOC)Cc2ccccc21. The number of carbonyl (C=O) groups excluding carboxylic acids is 2. The highest BCUT2D eigenvalue weighted by atomic mass is 16.5. The molecule has 0 saturated carbocycles. The summed E-state index contributed by atoms with van der Waals surface area (Å²) in [4.78, 5) is 27.7. The average Bonchev–Trinajstić information content (AvgIpc) is 2.81. The third kappa shape index (κ3) is 9.21. The van der Waals surface area contributed by atoms with Crippen LogP contribution in [0, 0.1) is 17.3 Å². The summed E-state index contributed by atoms with van der Waals surface area (Å²) in [5.41, 5.74) is 8.16. The van der Waals surface area contributed by atoms with Crippen molar-refractivity contribution in [3.05, 3.63) is 29.8 Å². The number of methoxy groups -OCH3 is 1. The number of hydrogen-bond acceptors (Lipinski definition) is 5. The van der Waals surface area contributed by atoms with Crippen molar-refractivity contribution in [2.75, 3.05) is 31.7 Å². The molecule has 0 saturated heterocycles. The van der Waals surface area contributed by atoms with Crippen LogP contribution in [0.5, 0.6) is 0 Å². The van der Waals surface area contributed by atoms with Gasteiger partial charge >= 0.3 is 0 Å². The number of fused-ring (bicyclic) bond motifs is 1. The second-order valence-electron chi connectivity index (χ2n) is 11.0. The van der Waals surface area contributed by atoms with E-state index in [2.05, 4.69) is 18.3 Å². The molecular formula is C28H47N3O4. The summed E-state index contributed by atoms with van der Waals surface area (Å²) in [7, 11) is 1.71. The number of amides is 2. The molecule has 0 bridgehead atoms. The van der Waals surface area contributed by atoms with Gasteiger partial charge in [-0.25, -0.2) is 0 Å². The van der Waals surface area contributed by atoms with Crippen LogP contribution in [0.25, 0.3) is 0 Å². The Morgan fingerprint density at radius 1 is 1.31 bits per heavy atom. The molecule has 7 heteroatoms. The van der Waals surface area contributed by atoms with Crippen molar-refractivity contribution >= 4 is 17.5 Å². The molecule has 198 valence electrons. The highest BCUT2D eigenvalue weighted by molar-refractivity contribution is 5.95. The van der Waals surface area contributed by atoms with Crippen molar-refractivity contribution in [3.63, 3.8) is 0 Å². The smallest absolute Gasteiger partial charge is 0.227 e. The van der Waals surface area contributed by atoms with Crippen LogP contribution in [-0.4, -0.2) is 55.9 Å². The number of rotatable bonds is 14. The zero-order valence-electron chi connectivity index (χ0n) is 22.4. The van der Waals surface area contributed by atoms with Crippen LogP contribution in [-0.2, 0) is 20.7 Å². The van der Waals surface area contributed by atoms with Gasteiger partial charge in [0.2, 0.25) is 11.8 Å². The van der Waals surface area contributed by atoms with Gasteiger partial charge in [0, 0.05) is 50.9 Å². The Morgan fingerprint density at radius 2 is 2.03 bits per heavy atom. The van der Waals surface area contributed by atoms with Gasteiger partial charge in [-0.1, -0.05) is 52.3 Å². The number of aliphatic hydroxyl groups excluding tert-OH is 1. The quantitative estimate of drug-likeness (QED) is 0.346. The lowest BCUT2D eigenvalue weighted by molar-refractivity contribution is -0.125. The minimum Gasteiger partial charge on any atom is -0.391 e. The lowest BCUT2D eigenvalue weighted by atomic mass is 9.79. The van der Waals surface area contributed by atoms with Crippen molar-refractivity contribution in [1.82, 2.24) is 5.32 Å². The number of nitrogens with one attached hydrogen (secondary N) is 1. The van der Waals surface area contributed by atoms with E-state index in [1.807, 2.05) is 43.9 Å². The van der Waals surface area contributed by atoms with Crippen LogP contribution in [0.2, 0.25) is 0 Å². The minimum absolute atomic E-state index is 0.0501. The zero-order chi connectivity index (χ0) is 26.0. The maximum atomic E-state index is 13.5. The molecule has 1 aliphatic heterocycles. The number of benzene rings is 1. The molecule has 7 nitrogen and oxygen atoms in total. The second-order valence-corrected chi connectivity index (χ2v) is 11.0. The van der Waals surface area contributed by atoms with Crippen molar-refractivity contribution in [1.29, 1.82) is 0 Å². The summed E-state index contributed by atoms with van der Waals surface area (Å²) in [6, 6.07) is 7.62. The first-order valence-corrected chi connectivity index (χ1v) is 13.2. The van der Waals surface area contributed by atoms with E-state index in [-0.39, 0.29) is 17.7 Å². The number of para-hydroxylation sites is 1. The summed E-state index contributed by atoms with van der Waals surface area (Å²) >= 11 is 0. The van der Waals surface area contributed by atoms with Gasteiger partial charge in [-0.3, -0.25) is 9.59 Å². The molecule has 1 aromatic rings. The van der Waals surface area contributed by atoms with Gasteiger partial charge in [0.1, 0.15) is 0 Å². The number of anilines is 1. The molecule has 2 amide bonds. The standard InChI is InChI=1S/C28H47N3O4/c1-6-7-13-30-27(34)20(2)15-25(32)23(29)17-28(3,4)18-26(33)31-19-21(12-14-35-5)16-22-10-8-9-11-24(22)31/h8-11,20-21,23,25,32H,6-7,12-19,29H2,1-5H3,(H,30,34)/t20-,21+,23+,25+/m1/s1. The van der Waals surface area contributed by atoms with E-state index in [9.17, 15) is 14.7 Å². The lowest BCUT2D eigenvalue weighted by Crippen LogP contribution is -2.44. The maximum absolute atomic E-state index is 13.5. The number of unbranched alkanes of at least 4 members (excludes halogenated alkanes) is 1. The van der Waals surface area contributed by atoms with Gasteiger partial charge in [-0.15, -0.1) is 0 Å². The number of aliphatic hydroxyl groups is 1. The number of carbonyl (C=O) groups is 2. The Hall–Kier alpha value is -1.96. The third-order valence-corrected chi connectivity index (χ3v) is 7.05. The Kier molecular flexibility index (Phi) is 11.7. The second kappa shape index (κ2) is 14.0. The van der Waals surface area contributed by atoms with Crippen LogP contribution in [0.4, 0.5) is 5.69 Å². The monoisotopic (exact) mass is 489 g/mol. The maximum Gasteiger partial charge on any atom is 0.227 e. The van der Waals surface area contributed by atoms with E-state index in [1.165, 1.54) is 5.56 Å². The predicted molar refractivity (Wildman–Crippen MR) is 141 cm³/mol. The third-order valence-electron chi connectivity index (χ3n) is 7.05. The largest absolute Gasteiger partial charge is 0.391 e. The number of nitrogens with two attached hydrogens (primary N) is 1. The van der Waals surface area contributed by atoms with E-state index < -0.39 is 17.6 Å². The predicted octanol–water partition coefficient (Wildman–Crippen LogP) is 3.67. The fraction of sp³-hybridized carbons (Fsp3) is 0.714. The van der Waals surface area contributed by atoms with Gasteiger partial charge < -0.3 is 25.8 Å². The van der Waals surface area contributed by atoms with E-state index in [4.69, 9.17) is 10.5 Å². The molecule has 4 N–H and O–H groups in total. The van der Waals surface area contributed by atoms with Gasteiger partial charge in [0.25, 0.3) is 0 Å². The molecule has 1 heterocycles. The normalized spacial score (nSPS) is 18.5. The van der Waals surface area contributed by atoms with E-state index in [1.54, 1.807) is 7.11 Å². The average molecular weight is 490 g/mol. The summed E-state index contributed by atoms with van der Waals surface area (Å²) in [6.45, 7) is 9.97. The van der Waals surface area contributed by atoms with E-state index in [0.717, 1.165) is 31.4 Å². The first-order chi connectivity index (χ1) is 16.6. The number of nitrogens with zero attached hydrogens (tertiary/aromatic N) is 1. The molecular weight excluding hydrogens is 442 g/mol. The summed E-state index contributed by atoms with van der Waals surface area (Å²) < 4.78 is 5.28. The van der Waals surface area contributed by atoms with Crippen molar-refractivity contribution in [3.8, 4) is 0 Å². The van der Waals surface area contributed by atoms with E-state index in [0.29, 0.717) is 44.9 Å². The molecule has 1 aromatic carbocycles. The van der Waals surface area contributed by atoms with Gasteiger partial charge in [0.05, 0.1) is 6.10 Å². The molecule has 0 aliphatic carbocycles. The Morgan fingerprint density at radius 3 is 2.71 bits per heavy atom. The van der Waals surface area contributed by atoms with Crippen LogP contribution in [0.1, 0.15) is 71.8 Å². The first kappa shape index (κ1) is 29.3. The number of ether oxygens (including phenoxy) is 1. The molecule has 0 unspecified atom stereocenters. The summed E-state index contributed by atoms with van der Waals surface area (Å²) in [6.07, 6.45) is 4.17. The fourth-order valence-corrected chi connectivity index (χ4v) is 4.95. The summed E-state index contributed by atoms with van der Waals surface area (Å²) in [5.74, 6) is 0.0818. The van der Waals surface area contributed by atoms with E-state index >= 15 is 0 Å². The topological polar surface area (TPSA) is 105 Å². The first-order valence-electron chi connectivity index (χ1n) is 13.2. The van der Waals surface area contributed by atoms with Crippen molar-refractivity contribution in [2.45, 2.75) is 84.8 Å². The Labute approximate surface area is 211 Å². The molecule has 0 aromatic heterocycles. The van der Waals surface area contributed by atoms with Crippen molar-refractivity contribution < 1.29 is 19.4 Å². The molecule has 4 atom stereocenters. The number of hydrogen-bond donors (Lipinski definition) is 3. The van der Waals surface area contributed by atoms with Crippen LogP contribution in [0.3, 0.4) is 0 Å². The highest BCUT2D eigenvalue weighted by Crippen LogP contribution is 2.35. The molecule has 0 spiro atoms. The molecule has 0 radical (unpaired) electrons.